The van der Waals surface area contributed by atoms with E-state index in [1.54, 1.807) is 41.2 Å². The molecule has 0 aliphatic rings. The standard InChI is InChI=1S/C24H28BrN5O4Si/c1-32-24(31)18-7-5-6-17(12-18)15-34-19-8-9-21(27-14-19)28-23-20(13-26)22(25)29-30(23)16-33-10-11-35(2,3)4/h5-9,12,14H,10-11,15-16H2,1-4H3,(H,27,28). The van der Waals surface area contributed by atoms with Crippen LogP contribution >= 0.6 is 15.9 Å². The van der Waals surface area contributed by atoms with Crippen molar-refractivity contribution in [2.45, 2.75) is 39.0 Å². The van der Waals surface area contributed by atoms with Crippen molar-refractivity contribution in [1.82, 2.24) is 14.8 Å². The molecule has 1 N–H and O–H groups in total. The van der Waals surface area contributed by atoms with Gasteiger partial charge >= 0.3 is 5.97 Å². The first-order chi connectivity index (χ1) is 16.7. The predicted octanol–water partition coefficient (Wildman–Crippen LogP) is 5.33. The lowest BCUT2D eigenvalue weighted by Gasteiger charge is -2.16. The minimum Gasteiger partial charge on any atom is -0.487 e. The topological polar surface area (TPSA) is 111 Å². The van der Waals surface area contributed by atoms with E-state index in [1.807, 2.05) is 6.07 Å². The SMILES string of the molecule is COC(=O)c1cccc(COc2ccc(Nc3c(C#N)c(Br)nn3COCC[Si](C)(C)C)nc2)c1. The molecule has 0 atom stereocenters. The maximum atomic E-state index is 11.7. The van der Waals surface area contributed by atoms with Gasteiger partial charge in [-0.1, -0.05) is 31.8 Å². The molecule has 11 heteroatoms. The second kappa shape index (κ2) is 12.0. The second-order valence-corrected chi connectivity index (χ2v) is 15.3. The van der Waals surface area contributed by atoms with Crippen LogP contribution in [0, 0.1) is 11.3 Å². The lowest BCUT2D eigenvalue weighted by molar-refractivity contribution is 0.0600. The Balaban J connectivity index is 1.64. The number of halogens is 1. The molecule has 0 amide bonds. The quantitative estimate of drug-likeness (QED) is 0.191. The summed E-state index contributed by atoms with van der Waals surface area (Å²) in [5, 5.41) is 17.1. The molecule has 0 aliphatic carbocycles. The fourth-order valence-corrected chi connectivity index (χ4v) is 4.24. The molecule has 1 aromatic carbocycles. The second-order valence-electron chi connectivity index (χ2n) is 8.96. The Kier molecular flexibility index (Phi) is 9.03. The highest BCUT2D eigenvalue weighted by Gasteiger charge is 2.18. The van der Waals surface area contributed by atoms with E-state index in [0.29, 0.717) is 39.7 Å². The van der Waals surface area contributed by atoms with Crippen molar-refractivity contribution in [2.75, 3.05) is 19.0 Å². The molecular weight excluding hydrogens is 530 g/mol. The van der Waals surface area contributed by atoms with Gasteiger partial charge in [-0.25, -0.2) is 14.5 Å². The van der Waals surface area contributed by atoms with Gasteiger partial charge in [0.1, 0.15) is 41.1 Å². The van der Waals surface area contributed by atoms with Crippen LogP contribution in [0.5, 0.6) is 5.75 Å². The summed E-state index contributed by atoms with van der Waals surface area (Å²) in [6.45, 7) is 8.01. The third-order valence-corrected chi connectivity index (χ3v) is 7.23. The Morgan fingerprint density at radius 3 is 2.71 bits per heavy atom. The number of hydrogen-bond acceptors (Lipinski definition) is 8. The predicted molar refractivity (Wildman–Crippen MR) is 138 cm³/mol. The number of rotatable bonds is 11. The summed E-state index contributed by atoms with van der Waals surface area (Å²) in [7, 11) is 0.146. The van der Waals surface area contributed by atoms with Crippen LogP contribution in [0.3, 0.4) is 0 Å². The highest BCUT2D eigenvalue weighted by atomic mass is 79.9. The summed E-state index contributed by atoms with van der Waals surface area (Å²) in [6, 6.07) is 13.8. The van der Waals surface area contributed by atoms with Gasteiger partial charge in [-0.3, -0.25) is 0 Å². The van der Waals surface area contributed by atoms with Gasteiger partial charge < -0.3 is 19.5 Å². The lowest BCUT2D eigenvalue weighted by atomic mass is 10.1. The van der Waals surface area contributed by atoms with Gasteiger partial charge in [0, 0.05) is 14.7 Å². The Labute approximate surface area is 214 Å². The summed E-state index contributed by atoms with van der Waals surface area (Å²) in [4.78, 5) is 16.1. The van der Waals surface area contributed by atoms with E-state index in [-0.39, 0.29) is 13.3 Å². The number of anilines is 2. The Morgan fingerprint density at radius 2 is 2.06 bits per heavy atom. The number of hydrogen-bond donors (Lipinski definition) is 1. The Morgan fingerprint density at radius 1 is 1.26 bits per heavy atom. The molecule has 0 aliphatic heterocycles. The molecule has 3 aromatic rings. The number of ether oxygens (including phenoxy) is 3. The summed E-state index contributed by atoms with van der Waals surface area (Å²) in [5.74, 6) is 1.18. The average Bonchev–Trinajstić information content (AvgIpc) is 3.14. The molecule has 3 rings (SSSR count). The Bertz CT molecular complexity index is 1200. The molecule has 0 saturated heterocycles. The van der Waals surface area contributed by atoms with E-state index < -0.39 is 14.0 Å². The van der Waals surface area contributed by atoms with E-state index in [4.69, 9.17) is 14.2 Å². The summed E-state index contributed by atoms with van der Waals surface area (Å²) >= 11 is 3.34. The number of carbonyl (C=O) groups is 1. The van der Waals surface area contributed by atoms with Crippen LogP contribution in [0.2, 0.25) is 25.7 Å². The van der Waals surface area contributed by atoms with Crippen LogP contribution in [-0.4, -0.2) is 42.5 Å². The third kappa shape index (κ3) is 7.65. The van der Waals surface area contributed by atoms with Crippen molar-refractivity contribution in [2.24, 2.45) is 0 Å². The number of nitrogens with one attached hydrogen (secondary N) is 1. The maximum absolute atomic E-state index is 11.7. The van der Waals surface area contributed by atoms with Gasteiger partial charge in [-0.05, 0) is 51.8 Å². The zero-order valence-electron chi connectivity index (χ0n) is 20.2. The van der Waals surface area contributed by atoms with Crippen LogP contribution in [-0.2, 0) is 22.8 Å². The van der Waals surface area contributed by atoms with Crippen molar-refractivity contribution < 1.29 is 19.0 Å². The van der Waals surface area contributed by atoms with Gasteiger partial charge in [-0.15, -0.1) is 0 Å². The van der Waals surface area contributed by atoms with Crippen LogP contribution in [0.25, 0.3) is 0 Å². The van der Waals surface area contributed by atoms with E-state index in [9.17, 15) is 10.1 Å². The molecule has 0 spiro atoms. The normalized spacial score (nSPS) is 11.1. The molecule has 0 radical (unpaired) electrons. The third-order valence-electron chi connectivity index (χ3n) is 4.97. The number of benzene rings is 1. The maximum Gasteiger partial charge on any atom is 0.337 e. The summed E-state index contributed by atoms with van der Waals surface area (Å²) in [5.41, 5.74) is 1.66. The number of esters is 1. The van der Waals surface area contributed by atoms with Gasteiger partial charge in [0.15, 0.2) is 5.82 Å². The highest BCUT2D eigenvalue weighted by Crippen LogP contribution is 2.27. The lowest BCUT2D eigenvalue weighted by Crippen LogP contribution is -2.22. The minimum atomic E-state index is -1.20. The first-order valence-corrected chi connectivity index (χ1v) is 15.5. The largest absolute Gasteiger partial charge is 0.487 e. The number of pyridine rings is 1. The van der Waals surface area contributed by atoms with Gasteiger partial charge in [-0.2, -0.15) is 10.4 Å². The summed E-state index contributed by atoms with van der Waals surface area (Å²) in [6.07, 6.45) is 1.58. The van der Waals surface area contributed by atoms with Crippen LogP contribution < -0.4 is 10.1 Å². The summed E-state index contributed by atoms with van der Waals surface area (Å²) < 4.78 is 18.4. The Hall–Kier alpha value is -3.20. The first kappa shape index (κ1) is 26.4. The number of methoxy groups -OCH3 is 1. The van der Waals surface area contributed by atoms with E-state index in [1.165, 1.54) is 7.11 Å². The minimum absolute atomic E-state index is 0.221. The molecule has 0 unspecified atom stereocenters. The molecule has 0 saturated carbocycles. The van der Waals surface area contributed by atoms with Gasteiger partial charge in [0.05, 0.1) is 18.9 Å². The van der Waals surface area contributed by atoms with Crippen molar-refractivity contribution >= 4 is 41.6 Å². The van der Waals surface area contributed by atoms with Crippen molar-refractivity contribution in [3.8, 4) is 11.8 Å². The van der Waals surface area contributed by atoms with E-state index >= 15 is 0 Å². The molecule has 35 heavy (non-hydrogen) atoms. The average molecular weight is 559 g/mol. The van der Waals surface area contributed by atoms with E-state index in [2.05, 4.69) is 57.0 Å². The molecule has 2 heterocycles. The smallest absolute Gasteiger partial charge is 0.337 e. The van der Waals surface area contributed by atoms with Crippen molar-refractivity contribution in [3.05, 3.63) is 63.9 Å². The van der Waals surface area contributed by atoms with Crippen molar-refractivity contribution in [1.29, 1.82) is 5.26 Å². The van der Waals surface area contributed by atoms with Crippen LogP contribution in [0.15, 0.2) is 47.2 Å². The molecule has 184 valence electrons. The number of carbonyl (C=O) groups excluding carboxylic acids is 1. The zero-order chi connectivity index (χ0) is 25.4. The van der Waals surface area contributed by atoms with Gasteiger partial charge in [0.2, 0.25) is 0 Å². The van der Waals surface area contributed by atoms with E-state index in [0.717, 1.165) is 11.6 Å². The fourth-order valence-electron chi connectivity index (χ4n) is 3.02. The molecule has 0 fully saturated rings. The monoisotopic (exact) mass is 557 g/mol. The van der Waals surface area contributed by atoms with Crippen LogP contribution in [0.4, 0.5) is 11.6 Å². The molecule has 2 aromatic heterocycles. The fraction of sp³-hybridized carbons (Fsp3) is 0.333. The number of aromatic nitrogens is 3. The molecule has 0 bridgehead atoms. The first-order valence-electron chi connectivity index (χ1n) is 11.0. The van der Waals surface area contributed by atoms with Crippen molar-refractivity contribution in [3.63, 3.8) is 0 Å². The highest BCUT2D eigenvalue weighted by molar-refractivity contribution is 9.10. The van der Waals surface area contributed by atoms with Gasteiger partial charge in [0.25, 0.3) is 0 Å². The zero-order valence-corrected chi connectivity index (χ0v) is 22.8. The molecular formula is C24H28BrN5O4Si. The molecule has 9 nitrogen and oxygen atoms in total. The van der Waals surface area contributed by atoms with Crippen LogP contribution in [0.1, 0.15) is 21.5 Å². The number of nitriles is 1. The number of nitrogens with zero attached hydrogens (tertiary/aromatic N) is 4.